The molecule has 0 bridgehead atoms. The summed E-state index contributed by atoms with van der Waals surface area (Å²) in [4.78, 5) is 11.8. The van der Waals surface area contributed by atoms with Gasteiger partial charge >= 0.3 is 5.97 Å². The maximum atomic E-state index is 11.8. The van der Waals surface area contributed by atoms with Crippen molar-refractivity contribution in [3.63, 3.8) is 0 Å². The van der Waals surface area contributed by atoms with E-state index in [0.717, 1.165) is 11.3 Å². The van der Waals surface area contributed by atoms with Crippen LogP contribution in [0, 0.1) is 0 Å². The van der Waals surface area contributed by atoms with Gasteiger partial charge in [-0.2, -0.15) is 5.10 Å². The van der Waals surface area contributed by atoms with E-state index in [-0.39, 0.29) is 12.6 Å². The van der Waals surface area contributed by atoms with Gasteiger partial charge in [0.05, 0.1) is 18.4 Å². The van der Waals surface area contributed by atoms with Crippen molar-refractivity contribution in [3.8, 4) is 5.75 Å². The molecule has 0 aliphatic rings. The van der Waals surface area contributed by atoms with Gasteiger partial charge in [0.1, 0.15) is 12.4 Å². The van der Waals surface area contributed by atoms with E-state index in [1.165, 1.54) is 6.20 Å². The average Bonchev–Trinajstić information content (AvgIpc) is 2.84. The fraction of sp³-hybridized carbons (Fsp3) is 0.286. The number of esters is 1. The molecule has 0 N–H and O–H groups in total. The number of rotatable bonds is 5. The topological polar surface area (TPSA) is 53.4 Å². The normalized spacial score (nSPS) is 10.2. The molecule has 0 saturated carbocycles. The summed E-state index contributed by atoms with van der Waals surface area (Å²) < 4.78 is 12.3. The minimum absolute atomic E-state index is 0.184. The second-order valence-electron chi connectivity index (χ2n) is 4.02. The Morgan fingerprint density at radius 1 is 1.37 bits per heavy atom. The number of para-hydroxylation sites is 1. The lowest BCUT2D eigenvalue weighted by atomic mass is 10.2. The van der Waals surface area contributed by atoms with Gasteiger partial charge in [-0.1, -0.05) is 18.2 Å². The zero-order valence-electron chi connectivity index (χ0n) is 11.0. The Balaban J connectivity index is 2.00. The first kappa shape index (κ1) is 13.1. The molecule has 0 spiro atoms. The predicted molar refractivity (Wildman–Crippen MR) is 69.9 cm³/mol. The highest BCUT2D eigenvalue weighted by atomic mass is 16.5. The lowest BCUT2D eigenvalue weighted by Gasteiger charge is -2.09. The zero-order valence-corrected chi connectivity index (χ0v) is 11.0. The van der Waals surface area contributed by atoms with Crippen LogP contribution in [0.3, 0.4) is 0 Å². The maximum Gasteiger partial charge on any atom is 0.341 e. The van der Waals surface area contributed by atoms with Crippen molar-refractivity contribution in [2.75, 3.05) is 6.61 Å². The lowest BCUT2D eigenvalue weighted by molar-refractivity contribution is 0.0469. The summed E-state index contributed by atoms with van der Waals surface area (Å²) in [5.74, 6) is 0.350. The number of carbonyl (C=O) groups is 1. The van der Waals surface area contributed by atoms with Crippen molar-refractivity contribution in [1.82, 2.24) is 9.78 Å². The van der Waals surface area contributed by atoms with Gasteiger partial charge in [-0.15, -0.1) is 0 Å². The van der Waals surface area contributed by atoms with Crippen LogP contribution in [0.25, 0.3) is 0 Å². The number of carbonyl (C=O) groups excluding carboxylic acids is 1. The molecule has 1 heterocycles. The molecule has 5 heteroatoms. The third-order valence-electron chi connectivity index (χ3n) is 2.57. The van der Waals surface area contributed by atoms with Crippen LogP contribution in [0.4, 0.5) is 0 Å². The quantitative estimate of drug-likeness (QED) is 0.773. The number of hydrogen-bond acceptors (Lipinski definition) is 4. The smallest absolute Gasteiger partial charge is 0.341 e. The van der Waals surface area contributed by atoms with Crippen molar-refractivity contribution in [3.05, 3.63) is 47.8 Å². The van der Waals surface area contributed by atoms with E-state index < -0.39 is 0 Å². The molecule has 19 heavy (non-hydrogen) atoms. The Morgan fingerprint density at radius 2 is 2.16 bits per heavy atom. The molecule has 0 amide bonds. The molecule has 0 saturated heterocycles. The second-order valence-corrected chi connectivity index (χ2v) is 4.02. The fourth-order valence-electron chi connectivity index (χ4n) is 1.67. The van der Waals surface area contributed by atoms with E-state index in [0.29, 0.717) is 12.2 Å². The average molecular weight is 260 g/mol. The Bertz CT molecular complexity index is 563. The predicted octanol–water partition coefficient (Wildman–Crippen LogP) is 2.18. The molecule has 2 rings (SSSR count). The SMILES string of the molecule is CCOc1ccccc1COC(=O)c1cnn(C)c1. The number of benzene rings is 1. The summed E-state index contributed by atoms with van der Waals surface area (Å²) in [6.45, 7) is 2.68. The van der Waals surface area contributed by atoms with E-state index in [1.807, 2.05) is 31.2 Å². The Kier molecular flexibility index (Phi) is 4.18. The Hall–Kier alpha value is -2.30. The number of ether oxygens (including phenoxy) is 2. The van der Waals surface area contributed by atoms with Crippen LogP contribution in [0.5, 0.6) is 5.75 Å². The largest absolute Gasteiger partial charge is 0.493 e. The van der Waals surface area contributed by atoms with Gasteiger partial charge in [-0.3, -0.25) is 4.68 Å². The third kappa shape index (κ3) is 3.34. The highest BCUT2D eigenvalue weighted by Gasteiger charge is 2.11. The first-order valence-corrected chi connectivity index (χ1v) is 6.07. The molecule has 1 aromatic heterocycles. The summed E-state index contributed by atoms with van der Waals surface area (Å²) in [7, 11) is 1.75. The maximum absolute atomic E-state index is 11.8. The van der Waals surface area contributed by atoms with E-state index in [2.05, 4.69) is 5.10 Å². The van der Waals surface area contributed by atoms with Crippen LogP contribution in [0.15, 0.2) is 36.7 Å². The number of aryl methyl sites for hydroxylation is 1. The zero-order chi connectivity index (χ0) is 13.7. The lowest BCUT2D eigenvalue weighted by Crippen LogP contribution is -2.05. The van der Waals surface area contributed by atoms with Crippen molar-refractivity contribution < 1.29 is 14.3 Å². The van der Waals surface area contributed by atoms with Gasteiger partial charge in [0.25, 0.3) is 0 Å². The van der Waals surface area contributed by atoms with Gasteiger partial charge in [-0.05, 0) is 13.0 Å². The highest BCUT2D eigenvalue weighted by Crippen LogP contribution is 2.19. The van der Waals surface area contributed by atoms with E-state index in [1.54, 1.807) is 17.9 Å². The summed E-state index contributed by atoms with van der Waals surface area (Å²) in [6.07, 6.45) is 3.10. The van der Waals surface area contributed by atoms with Crippen molar-refractivity contribution in [2.45, 2.75) is 13.5 Å². The second kappa shape index (κ2) is 6.04. The van der Waals surface area contributed by atoms with Crippen LogP contribution < -0.4 is 4.74 Å². The van der Waals surface area contributed by atoms with Crippen LogP contribution in [0.1, 0.15) is 22.8 Å². The monoisotopic (exact) mass is 260 g/mol. The van der Waals surface area contributed by atoms with Gasteiger partial charge in [-0.25, -0.2) is 4.79 Å². The summed E-state index contributed by atoms with van der Waals surface area (Å²) in [5.41, 5.74) is 1.29. The highest BCUT2D eigenvalue weighted by molar-refractivity contribution is 5.88. The first-order valence-electron chi connectivity index (χ1n) is 6.07. The van der Waals surface area contributed by atoms with Gasteiger partial charge in [0, 0.05) is 18.8 Å². The molecule has 0 aliphatic heterocycles. The number of nitrogens with zero attached hydrogens (tertiary/aromatic N) is 2. The molecule has 0 radical (unpaired) electrons. The standard InChI is InChI=1S/C14H16N2O3/c1-3-18-13-7-5-4-6-11(13)10-19-14(17)12-8-15-16(2)9-12/h4-9H,3,10H2,1-2H3. The molecule has 1 aromatic carbocycles. The van der Waals surface area contributed by atoms with Crippen molar-refractivity contribution in [1.29, 1.82) is 0 Å². The number of hydrogen-bond donors (Lipinski definition) is 0. The minimum Gasteiger partial charge on any atom is -0.493 e. The van der Waals surface area contributed by atoms with Crippen LogP contribution in [-0.2, 0) is 18.4 Å². The molecule has 100 valence electrons. The van der Waals surface area contributed by atoms with Gasteiger partial charge < -0.3 is 9.47 Å². The molecule has 5 nitrogen and oxygen atoms in total. The van der Waals surface area contributed by atoms with Crippen LogP contribution in [-0.4, -0.2) is 22.4 Å². The molecule has 0 aliphatic carbocycles. The van der Waals surface area contributed by atoms with Crippen LogP contribution in [0.2, 0.25) is 0 Å². The fourth-order valence-corrected chi connectivity index (χ4v) is 1.67. The molecule has 0 fully saturated rings. The van der Waals surface area contributed by atoms with E-state index in [4.69, 9.17) is 9.47 Å². The van der Waals surface area contributed by atoms with Crippen molar-refractivity contribution in [2.24, 2.45) is 7.05 Å². The molecular formula is C14H16N2O3. The number of aromatic nitrogens is 2. The molecule has 0 atom stereocenters. The summed E-state index contributed by atoms with van der Waals surface area (Å²) in [5, 5.41) is 3.93. The van der Waals surface area contributed by atoms with E-state index >= 15 is 0 Å². The van der Waals surface area contributed by atoms with Crippen molar-refractivity contribution >= 4 is 5.97 Å². The first-order chi connectivity index (χ1) is 9.20. The van der Waals surface area contributed by atoms with Gasteiger partial charge in [0.2, 0.25) is 0 Å². The molecule has 0 unspecified atom stereocenters. The van der Waals surface area contributed by atoms with E-state index in [9.17, 15) is 4.79 Å². The van der Waals surface area contributed by atoms with Gasteiger partial charge in [0.15, 0.2) is 0 Å². The minimum atomic E-state index is -0.389. The Morgan fingerprint density at radius 3 is 2.84 bits per heavy atom. The third-order valence-corrected chi connectivity index (χ3v) is 2.57. The molecule has 2 aromatic rings. The summed E-state index contributed by atoms with van der Waals surface area (Å²) >= 11 is 0. The summed E-state index contributed by atoms with van der Waals surface area (Å²) in [6, 6.07) is 7.51. The Labute approximate surface area is 111 Å². The van der Waals surface area contributed by atoms with Crippen LogP contribution >= 0.6 is 0 Å². The molecular weight excluding hydrogens is 244 g/mol.